The van der Waals surface area contributed by atoms with Gasteiger partial charge < -0.3 is 14.9 Å². The van der Waals surface area contributed by atoms with Gasteiger partial charge in [0.2, 0.25) is 5.92 Å². The summed E-state index contributed by atoms with van der Waals surface area (Å²) >= 11 is 0. The second-order valence-electron chi connectivity index (χ2n) is 6.90. The molecule has 1 aliphatic rings. The predicted molar refractivity (Wildman–Crippen MR) is 74.0 cm³/mol. The Hall–Kier alpha value is -0.750. The zero-order valence-corrected chi connectivity index (χ0v) is 13.2. The van der Waals surface area contributed by atoms with Crippen LogP contribution in [0.5, 0.6) is 0 Å². The van der Waals surface area contributed by atoms with E-state index in [0.717, 1.165) is 0 Å². The van der Waals surface area contributed by atoms with Crippen molar-refractivity contribution in [3.05, 3.63) is 0 Å². The van der Waals surface area contributed by atoms with Crippen molar-refractivity contribution < 1.29 is 28.5 Å². The Kier molecular flexibility index (Phi) is 5.37. The van der Waals surface area contributed by atoms with Crippen molar-refractivity contribution in [3.8, 4) is 0 Å². The molecule has 6 heteroatoms. The van der Waals surface area contributed by atoms with Gasteiger partial charge >= 0.3 is 5.97 Å². The normalized spacial score (nSPS) is 26.8. The highest BCUT2D eigenvalue weighted by molar-refractivity contribution is 5.81. The van der Waals surface area contributed by atoms with Crippen LogP contribution in [0.2, 0.25) is 0 Å². The smallest absolute Gasteiger partial charge is 0.341 e. The molecule has 0 aromatic rings. The molecule has 0 aromatic carbocycles. The molecule has 0 radical (unpaired) electrons. The summed E-state index contributed by atoms with van der Waals surface area (Å²) in [5, 5.41) is 20.8. The number of halogens is 2. The Balaban J connectivity index is 3.06. The van der Waals surface area contributed by atoms with Gasteiger partial charge in [0, 0.05) is 18.8 Å². The van der Waals surface area contributed by atoms with Crippen LogP contribution in [-0.2, 0) is 9.53 Å². The molecular formula is C15H26F2O4. The third kappa shape index (κ3) is 4.36. The van der Waals surface area contributed by atoms with E-state index in [4.69, 9.17) is 4.74 Å². The maximum atomic E-state index is 13.6. The van der Waals surface area contributed by atoms with Crippen molar-refractivity contribution >= 4 is 5.97 Å². The van der Waals surface area contributed by atoms with Crippen molar-refractivity contribution in [2.45, 2.75) is 83.0 Å². The third-order valence-electron chi connectivity index (χ3n) is 3.88. The summed E-state index contributed by atoms with van der Waals surface area (Å²) in [6.07, 6.45) is -1.73. The molecule has 1 rings (SSSR count). The molecule has 1 aliphatic carbocycles. The second-order valence-corrected chi connectivity index (χ2v) is 6.90. The van der Waals surface area contributed by atoms with Gasteiger partial charge in [-0.3, -0.25) is 0 Å². The lowest BCUT2D eigenvalue weighted by molar-refractivity contribution is -0.208. The van der Waals surface area contributed by atoms with Crippen LogP contribution in [0, 0.1) is 5.92 Å². The number of alkyl halides is 2. The molecule has 0 aromatic heterocycles. The lowest BCUT2D eigenvalue weighted by Crippen LogP contribution is -2.58. The monoisotopic (exact) mass is 308 g/mol. The predicted octanol–water partition coefficient (Wildman–Crippen LogP) is 2.66. The average Bonchev–Trinajstić information content (AvgIpc) is 2.33. The lowest BCUT2D eigenvalue weighted by atomic mass is 9.72. The first-order valence-corrected chi connectivity index (χ1v) is 7.44. The van der Waals surface area contributed by atoms with Gasteiger partial charge in [-0.15, -0.1) is 0 Å². The molecule has 3 atom stereocenters. The Bertz CT molecular complexity index is 378. The zero-order valence-electron chi connectivity index (χ0n) is 13.2. The summed E-state index contributed by atoms with van der Waals surface area (Å²) in [5.74, 6) is -4.95. The number of aliphatic hydroxyl groups excluding tert-OH is 1. The molecule has 124 valence electrons. The lowest BCUT2D eigenvalue weighted by Gasteiger charge is -2.42. The first-order chi connectivity index (χ1) is 9.42. The third-order valence-corrected chi connectivity index (χ3v) is 3.88. The van der Waals surface area contributed by atoms with E-state index >= 15 is 0 Å². The second kappa shape index (κ2) is 6.16. The average molecular weight is 308 g/mol. The Labute approximate surface area is 124 Å². The molecule has 0 heterocycles. The maximum absolute atomic E-state index is 13.6. The summed E-state index contributed by atoms with van der Waals surface area (Å²) in [7, 11) is 0. The molecule has 0 bridgehead atoms. The van der Waals surface area contributed by atoms with E-state index in [-0.39, 0.29) is 25.7 Å². The zero-order chi connectivity index (χ0) is 16.5. The molecule has 0 spiro atoms. The summed E-state index contributed by atoms with van der Waals surface area (Å²) in [6, 6.07) is 0. The number of hydrogen-bond acceptors (Lipinski definition) is 4. The van der Waals surface area contributed by atoms with E-state index in [9.17, 15) is 23.8 Å². The number of ether oxygens (including phenoxy) is 1. The van der Waals surface area contributed by atoms with Gasteiger partial charge in [-0.05, 0) is 40.0 Å². The van der Waals surface area contributed by atoms with Gasteiger partial charge in [0.25, 0.3) is 0 Å². The number of aliphatic hydroxyl groups is 2. The quantitative estimate of drug-likeness (QED) is 0.784. The number of hydrogen-bond donors (Lipinski definition) is 2. The SMILES string of the molecule is CCC(O)C(O)(C(=O)OC(C)(C)C)C1CCCC(F)(F)C1. The van der Waals surface area contributed by atoms with Gasteiger partial charge in [0.05, 0.1) is 6.10 Å². The highest BCUT2D eigenvalue weighted by Crippen LogP contribution is 2.43. The molecule has 0 aliphatic heterocycles. The molecule has 3 unspecified atom stereocenters. The van der Waals surface area contributed by atoms with Crippen LogP contribution < -0.4 is 0 Å². The number of carbonyl (C=O) groups is 1. The molecule has 4 nitrogen and oxygen atoms in total. The van der Waals surface area contributed by atoms with Crippen molar-refractivity contribution in [2.24, 2.45) is 5.92 Å². The van der Waals surface area contributed by atoms with E-state index in [1.807, 2.05) is 0 Å². The fraction of sp³-hybridized carbons (Fsp3) is 0.933. The molecular weight excluding hydrogens is 282 g/mol. The highest BCUT2D eigenvalue weighted by Gasteiger charge is 2.55. The molecule has 0 amide bonds. The van der Waals surface area contributed by atoms with E-state index in [1.165, 1.54) is 0 Å². The van der Waals surface area contributed by atoms with Gasteiger partial charge in [-0.1, -0.05) is 6.92 Å². The Morgan fingerprint density at radius 3 is 2.43 bits per heavy atom. The Morgan fingerprint density at radius 1 is 1.43 bits per heavy atom. The van der Waals surface area contributed by atoms with Crippen LogP contribution in [0.25, 0.3) is 0 Å². The summed E-state index contributed by atoms with van der Waals surface area (Å²) < 4.78 is 32.4. The van der Waals surface area contributed by atoms with E-state index in [0.29, 0.717) is 0 Å². The van der Waals surface area contributed by atoms with E-state index in [1.54, 1.807) is 27.7 Å². The van der Waals surface area contributed by atoms with E-state index < -0.39 is 41.5 Å². The molecule has 1 saturated carbocycles. The largest absolute Gasteiger partial charge is 0.458 e. The van der Waals surface area contributed by atoms with Crippen molar-refractivity contribution in [2.75, 3.05) is 0 Å². The fourth-order valence-electron chi connectivity index (χ4n) is 2.79. The topological polar surface area (TPSA) is 66.8 Å². The Morgan fingerprint density at radius 2 is 2.00 bits per heavy atom. The molecule has 2 N–H and O–H groups in total. The summed E-state index contributed by atoms with van der Waals surface area (Å²) in [6.45, 7) is 6.46. The minimum Gasteiger partial charge on any atom is -0.458 e. The number of rotatable bonds is 4. The van der Waals surface area contributed by atoms with Gasteiger partial charge in [-0.2, -0.15) is 0 Å². The standard InChI is InChI=1S/C15H26F2O4/c1-5-11(18)15(20,12(19)21-13(2,3)4)10-7-6-8-14(16,17)9-10/h10-11,18,20H,5-9H2,1-4H3. The van der Waals surface area contributed by atoms with Gasteiger partial charge in [0.1, 0.15) is 5.60 Å². The highest BCUT2D eigenvalue weighted by atomic mass is 19.3. The molecule has 0 saturated heterocycles. The minimum absolute atomic E-state index is 0.0812. The van der Waals surface area contributed by atoms with Crippen LogP contribution in [0.4, 0.5) is 8.78 Å². The van der Waals surface area contributed by atoms with Crippen LogP contribution in [-0.4, -0.2) is 39.4 Å². The van der Waals surface area contributed by atoms with Crippen LogP contribution >= 0.6 is 0 Å². The number of carbonyl (C=O) groups excluding carboxylic acids is 1. The summed E-state index contributed by atoms with van der Waals surface area (Å²) in [4.78, 5) is 12.3. The fourth-order valence-corrected chi connectivity index (χ4v) is 2.79. The van der Waals surface area contributed by atoms with Crippen molar-refractivity contribution in [1.82, 2.24) is 0 Å². The minimum atomic E-state index is -2.92. The van der Waals surface area contributed by atoms with Crippen molar-refractivity contribution in [1.29, 1.82) is 0 Å². The molecule has 1 fully saturated rings. The first kappa shape index (κ1) is 18.3. The van der Waals surface area contributed by atoms with Crippen LogP contribution in [0.3, 0.4) is 0 Å². The van der Waals surface area contributed by atoms with Gasteiger partial charge in [0.15, 0.2) is 5.60 Å². The van der Waals surface area contributed by atoms with Crippen LogP contribution in [0.15, 0.2) is 0 Å². The van der Waals surface area contributed by atoms with Crippen molar-refractivity contribution in [3.63, 3.8) is 0 Å². The van der Waals surface area contributed by atoms with Gasteiger partial charge in [-0.25, -0.2) is 13.6 Å². The van der Waals surface area contributed by atoms with E-state index in [2.05, 4.69) is 0 Å². The molecule has 21 heavy (non-hydrogen) atoms. The van der Waals surface area contributed by atoms with Crippen LogP contribution in [0.1, 0.15) is 59.8 Å². The first-order valence-electron chi connectivity index (χ1n) is 7.44. The summed E-state index contributed by atoms with van der Waals surface area (Å²) in [5.41, 5.74) is -3.15. The number of esters is 1. The maximum Gasteiger partial charge on any atom is 0.341 e.